The van der Waals surface area contributed by atoms with Crippen molar-refractivity contribution in [1.82, 2.24) is 41.3 Å². The van der Waals surface area contributed by atoms with Gasteiger partial charge in [-0.15, -0.1) is 0 Å². The SMILES string of the molecule is O=C(O)CC[C@H](NC(=O)N[C@@H](CCCCNC(=O)[C@H](Cc1ccc2ccccc2c1)NC(=O)C1CCC(CNC(=O)Nc2ccc(C[C@H](CN(CC(=O)O)[C@H]3CCCC[C@@H]3N(CC(=O)O)CC(=O)O)N(CC(=O)O)CC(=O)O)cc2)CC1)C(=O)O)C(=O)O. The van der Waals surface area contributed by atoms with Gasteiger partial charge in [0.05, 0.1) is 32.7 Å². The fourth-order valence-corrected chi connectivity index (χ4v) is 11.4. The summed E-state index contributed by atoms with van der Waals surface area (Å²) in [6.45, 7) is -3.13. The van der Waals surface area contributed by atoms with Gasteiger partial charge in [0.25, 0.3) is 0 Å². The van der Waals surface area contributed by atoms with Crippen molar-refractivity contribution < 1.29 is 98.4 Å². The molecule has 2 saturated carbocycles. The summed E-state index contributed by atoms with van der Waals surface area (Å²) in [6.07, 6.45) is 3.57. The quantitative estimate of drug-likeness (QED) is 0.0369. The molecule has 0 saturated heterocycles. The molecule has 3 aromatic carbocycles. The first-order valence-electron chi connectivity index (χ1n) is 29.1. The predicted octanol–water partition coefficient (Wildman–Crippen LogP) is 2.40. The van der Waals surface area contributed by atoms with Crippen molar-refractivity contribution in [3.63, 3.8) is 0 Å². The summed E-state index contributed by atoms with van der Waals surface area (Å²) in [5.74, 6) is -11.9. The zero-order chi connectivity index (χ0) is 64.5. The van der Waals surface area contributed by atoms with Crippen LogP contribution in [0.5, 0.6) is 0 Å². The zero-order valence-electron chi connectivity index (χ0n) is 48.6. The fourth-order valence-electron chi connectivity index (χ4n) is 11.4. The minimum Gasteiger partial charge on any atom is -0.481 e. The van der Waals surface area contributed by atoms with Crippen LogP contribution >= 0.6 is 0 Å². The summed E-state index contributed by atoms with van der Waals surface area (Å²) in [5.41, 5.74) is 1.72. The maximum Gasteiger partial charge on any atom is 0.326 e. The summed E-state index contributed by atoms with van der Waals surface area (Å²) >= 11 is 0. The number of rotatable bonds is 37. The van der Waals surface area contributed by atoms with Gasteiger partial charge in [-0.2, -0.15) is 0 Å². The highest BCUT2D eigenvalue weighted by Crippen LogP contribution is 2.31. The van der Waals surface area contributed by atoms with Crippen molar-refractivity contribution in [2.24, 2.45) is 11.8 Å². The molecule has 6 amide bonds. The van der Waals surface area contributed by atoms with Crippen molar-refractivity contribution >= 4 is 88.1 Å². The van der Waals surface area contributed by atoms with Crippen molar-refractivity contribution in [2.45, 2.75) is 133 Å². The molecular formula is C59H79N9O20. The van der Waals surface area contributed by atoms with E-state index in [0.717, 1.165) is 16.3 Å². The third-order valence-electron chi connectivity index (χ3n) is 15.7. The molecule has 2 aliphatic rings. The van der Waals surface area contributed by atoms with Gasteiger partial charge in [0.2, 0.25) is 11.8 Å². The summed E-state index contributed by atoms with van der Waals surface area (Å²) in [6, 6.07) is 11.9. The number of nitrogens with zero attached hydrogens (tertiary/aromatic N) is 3. The van der Waals surface area contributed by atoms with Crippen LogP contribution in [-0.4, -0.2) is 216 Å². The molecule has 0 aromatic heterocycles. The molecule has 29 nitrogen and oxygen atoms in total. The van der Waals surface area contributed by atoms with Gasteiger partial charge in [0.1, 0.15) is 18.1 Å². The molecular weight excluding hydrogens is 1150 g/mol. The Kier molecular flexibility index (Phi) is 27.8. The Hall–Kier alpha value is -8.96. The van der Waals surface area contributed by atoms with Gasteiger partial charge in [-0.25, -0.2) is 19.2 Å². The second-order valence-corrected chi connectivity index (χ2v) is 22.3. The minimum absolute atomic E-state index is 0.00290. The number of carbonyl (C=O) groups is 12. The molecule has 6 atom stereocenters. The smallest absolute Gasteiger partial charge is 0.326 e. The van der Waals surface area contributed by atoms with Crippen LogP contribution in [0.2, 0.25) is 0 Å². The normalized spacial score (nSPS) is 18.0. The Bertz CT molecular complexity index is 2910. The molecule has 0 spiro atoms. The van der Waals surface area contributed by atoms with E-state index in [1.807, 2.05) is 42.5 Å². The summed E-state index contributed by atoms with van der Waals surface area (Å²) < 4.78 is 0. The molecule has 5 rings (SSSR count). The van der Waals surface area contributed by atoms with E-state index in [2.05, 4.69) is 31.9 Å². The van der Waals surface area contributed by atoms with E-state index in [1.54, 1.807) is 24.3 Å². The maximum absolute atomic E-state index is 13.9. The lowest BCUT2D eigenvalue weighted by Crippen LogP contribution is -2.59. The maximum atomic E-state index is 13.9. The molecule has 0 bridgehead atoms. The van der Waals surface area contributed by atoms with E-state index >= 15 is 0 Å². The van der Waals surface area contributed by atoms with Crippen LogP contribution in [0.4, 0.5) is 15.3 Å². The van der Waals surface area contributed by atoms with Crippen LogP contribution in [0.1, 0.15) is 94.6 Å². The van der Waals surface area contributed by atoms with Crippen molar-refractivity contribution in [2.75, 3.05) is 57.7 Å². The Morgan fingerprint density at radius 3 is 1.61 bits per heavy atom. The molecule has 29 heteroatoms. The number of carboxylic acids is 8. The Balaban J connectivity index is 1.16. The second kappa shape index (κ2) is 35.0. The first-order valence-corrected chi connectivity index (χ1v) is 29.1. The zero-order valence-corrected chi connectivity index (χ0v) is 48.6. The molecule has 0 aliphatic heterocycles. The molecule has 0 heterocycles. The Morgan fingerprint density at radius 2 is 1.05 bits per heavy atom. The Morgan fingerprint density at radius 1 is 0.500 bits per heavy atom. The number of nitrogens with one attached hydrogen (secondary N) is 6. The number of fused-ring (bicyclic) bond motifs is 1. The lowest BCUT2D eigenvalue weighted by atomic mass is 9.81. The standard InChI is InChI=1S/C59H79N9O20/c69-48(70)23-22-44(57(85)86)65-59(88)64-43(56(83)84)9-5-6-24-60-55(82)45(27-37-14-17-38-7-1-2-8-40(38)25-37)63-54(81)39-18-12-36(13-19-39)28-61-58(87)62-41-20-15-35(16-21-41)26-42(66(30-49(71)72)31-50(73)74)29-67(32-51(75)76)46-10-3-4-11-47(46)68(33-52(77)78)34-53(79)80/h1-2,7-8,14-17,20-21,25,36,39,42-47H,3-6,9-13,18-19,22-24,26-34H2,(H,60,82)(H,63,81)(H,69,70)(H,71,72)(H,73,74)(H,75,76)(H,77,78)(H,79,80)(H,83,84)(H,85,86)(H2,61,62,87)(H2,64,65,88)/t36?,39?,42-,43+,44+,45+,46+,47+/m1/s1. The third kappa shape index (κ3) is 24.1. The highest BCUT2D eigenvalue weighted by atomic mass is 16.4. The van der Waals surface area contributed by atoms with E-state index in [-0.39, 0.29) is 63.6 Å². The summed E-state index contributed by atoms with van der Waals surface area (Å²) in [5, 5.41) is 94.6. The monoisotopic (exact) mass is 1230 g/mol. The van der Waals surface area contributed by atoms with Crippen LogP contribution in [0.3, 0.4) is 0 Å². The van der Waals surface area contributed by atoms with Gasteiger partial charge < -0.3 is 72.8 Å². The highest BCUT2D eigenvalue weighted by molar-refractivity contribution is 5.90. The number of aliphatic carboxylic acids is 8. The van der Waals surface area contributed by atoms with Crippen molar-refractivity contribution in [3.05, 3.63) is 77.9 Å². The van der Waals surface area contributed by atoms with Crippen LogP contribution in [0, 0.1) is 11.8 Å². The van der Waals surface area contributed by atoms with E-state index < -0.39 is 153 Å². The highest BCUT2D eigenvalue weighted by Gasteiger charge is 2.39. The topological polar surface area (TPSA) is 449 Å². The number of amides is 6. The van der Waals surface area contributed by atoms with Gasteiger partial charge in [0.15, 0.2) is 0 Å². The van der Waals surface area contributed by atoms with E-state index in [0.29, 0.717) is 62.6 Å². The summed E-state index contributed by atoms with van der Waals surface area (Å²) in [7, 11) is 0. The lowest BCUT2D eigenvalue weighted by molar-refractivity contribution is -0.147. The number of carboxylic acid groups (broad SMARTS) is 8. The second-order valence-electron chi connectivity index (χ2n) is 22.3. The van der Waals surface area contributed by atoms with Crippen LogP contribution in [0.15, 0.2) is 66.7 Å². The first kappa shape index (κ1) is 69.8. The largest absolute Gasteiger partial charge is 0.481 e. The number of benzene rings is 3. The number of hydrogen-bond acceptors (Lipinski definition) is 15. The molecule has 14 N–H and O–H groups in total. The molecule has 0 radical (unpaired) electrons. The van der Waals surface area contributed by atoms with E-state index in [9.17, 15) is 93.3 Å². The van der Waals surface area contributed by atoms with Gasteiger partial charge in [-0.1, -0.05) is 67.4 Å². The van der Waals surface area contributed by atoms with E-state index in [1.165, 1.54) is 14.7 Å². The average Bonchev–Trinajstić information content (AvgIpc) is 2.24. The molecule has 480 valence electrons. The molecule has 3 aromatic rings. The van der Waals surface area contributed by atoms with Crippen LogP contribution in [0.25, 0.3) is 10.8 Å². The van der Waals surface area contributed by atoms with Gasteiger partial charge in [-0.05, 0) is 111 Å². The van der Waals surface area contributed by atoms with Gasteiger partial charge >= 0.3 is 59.8 Å². The number of anilines is 1. The van der Waals surface area contributed by atoms with Crippen LogP contribution < -0.4 is 31.9 Å². The molecule has 88 heavy (non-hydrogen) atoms. The Labute approximate surface area is 506 Å². The molecule has 0 unspecified atom stereocenters. The first-order chi connectivity index (χ1) is 41.8. The van der Waals surface area contributed by atoms with Crippen molar-refractivity contribution in [1.29, 1.82) is 0 Å². The fraction of sp³-hybridized carbons (Fsp3) is 0.525. The van der Waals surface area contributed by atoms with Gasteiger partial charge in [-0.3, -0.25) is 53.1 Å². The van der Waals surface area contributed by atoms with E-state index in [4.69, 9.17) is 5.11 Å². The third-order valence-corrected chi connectivity index (χ3v) is 15.7. The predicted molar refractivity (Wildman–Crippen MR) is 313 cm³/mol. The average molecular weight is 1230 g/mol. The van der Waals surface area contributed by atoms with Crippen molar-refractivity contribution in [3.8, 4) is 0 Å². The molecule has 2 aliphatic carbocycles. The molecule has 2 fully saturated rings. The van der Waals surface area contributed by atoms with Gasteiger partial charge in [0, 0.05) is 62.2 Å². The lowest BCUT2D eigenvalue weighted by Gasteiger charge is -2.45. The number of urea groups is 2. The number of carbonyl (C=O) groups excluding carboxylic acids is 4. The number of hydrogen-bond donors (Lipinski definition) is 14. The van der Waals surface area contributed by atoms with Crippen LogP contribution in [-0.2, 0) is 60.8 Å². The minimum atomic E-state index is -1.57. The number of unbranched alkanes of at least 4 members (excludes halogenated alkanes) is 1. The summed E-state index contributed by atoms with van der Waals surface area (Å²) in [4.78, 5) is 152.